The molecule has 0 aromatic heterocycles. The Hall–Kier alpha value is -0.820. The molecule has 0 aliphatic heterocycles. The summed E-state index contributed by atoms with van der Waals surface area (Å²) in [5, 5.41) is 3.72. The minimum atomic E-state index is 0.549. The number of nitrogens with one attached hydrogen (secondary N) is 1. The van der Waals surface area contributed by atoms with Gasteiger partial charge in [0.2, 0.25) is 0 Å². The summed E-state index contributed by atoms with van der Waals surface area (Å²) in [5.41, 5.74) is 3.53. The van der Waals surface area contributed by atoms with Gasteiger partial charge < -0.3 is 5.32 Å². The van der Waals surface area contributed by atoms with Crippen molar-refractivity contribution in [3.63, 3.8) is 0 Å². The average Bonchev–Trinajstić information content (AvgIpc) is 3.13. The Bertz CT molecular complexity index is 400. The van der Waals surface area contributed by atoms with E-state index in [1.807, 2.05) is 0 Å². The highest BCUT2D eigenvalue weighted by molar-refractivity contribution is 5.28. The molecule has 0 heterocycles. The summed E-state index contributed by atoms with van der Waals surface area (Å²) in [6, 6.07) is 9.99. The zero-order valence-electron chi connectivity index (χ0n) is 11.7. The van der Waals surface area contributed by atoms with E-state index in [9.17, 15) is 0 Å². The van der Waals surface area contributed by atoms with Gasteiger partial charge in [0.1, 0.15) is 0 Å². The Labute approximate surface area is 111 Å². The topological polar surface area (TPSA) is 12.0 Å². The lowest BCUT2D eigenvalue weighted by Gasteiger charge is -2.18. The SMILES string of the molecule is CC1(C)CCC(NCc2ccc(C3CC3)cc2)C1. The van der Waals surface area contributed by atoms with Gasteiger partial charge in [-0.05, 0) is 54.6 Å². The first-order chi connectivity index (χ1) is 8.62. The van der Waals surface area contributed by atoms with E-state index in [0.29, 0.717) is 5.41 Å². The highest BCUT2D eigenvalue weighted by atomic mass is 14.9. The van der Waals surface area contributed by atoms with Crippen LogP contribution in [-0.4, -0.2) is 6.04 Å². The molecule has 0 saturated heterocycles. The predicted octanol–water partition coefficient (Wildman–Crippen LogP) is 4.23. The second kappa shape index (κ2) is 4.70. The third-order valence-corrected chi connectivity index (χ3v) is 4.59. The average molecular weight is 243 g/mol. The van der Waals surface area contributed by atoms with E-state index in [-0.39, 0.29) is 0 Å². The van der Waals surface area contributed by atoms with Crippen LogP contribution in [0.4, 0.5) is 0 Å². The monoisotopic (exact) mass is 243 g/mol. The molecule has 1 unspecified atom stereocenters. The molecule has 2 aliphatic rings. The molecular formula is C17H25N. The molecule has 98 valence electrons. The molecule has 3 rings (SSSR count). The van der Waals surface area contributed by atoms with Crippen molar-refractivity contribution >= 4 is 0 Å². The number of hydrogen-bond acceptors (Lipinski definition) is 1. The van der Waals surface area contributed by atoms with Gasteiger partial charge in [0.25, 0.3) is 0 Å². The maximum Gasteiger partial charge on any atom is 0.0208 e. The van der Waals surface area contributed by atoms with Gasteiger partial charge in [0, 0.05) is 12.6 Å². The van der Waals surface area contributed by atoms with Gasteiger partial charge in [0.05, 0.1) is 0 Å². The van der Waals surface area contributed by atoms with Crippen LogP contribution in [0.3, 0.4) is 0 Å². The van der Waals surface area contributed by atoms with Crippen LogP contribution in [0.2, 0.25) is 0 Å². The van der Waals surface area contributed by atoms with Gasteiger partial charge in [-0.3, -0.25) is 0 Å². The maximum absolute atomic E-state index is 3.72. The lowest BCUT2D eigenvalue weighted by atomic mass is 9.92. The lowest BCUT2D eigenvalue weighted by Crippen LogP contribution is -2.26. The molecular weight excluding hydrogens is 218 g/mol. The summed E-state index contributed by atoms with van der Waals surface area (Å²) in [5.74, 6) is 0.877. The largest absolute Gasteiger partial charge is 0.310 e. The van der Waals surface area contributed by atoms with Crippen molar-refractivity contribution in [2.45, 2.75) is 64.5 Å². The number of hydrogen-bond donors (Lipinski definition) is 1. The summed E-state index contributed by atoms with van der Waals surface area (Å²) in [7, 11) is 0. The quantitative estimate of drug-likeness (QED) is 0.834. The fraction of sp³-hybridized carbons (Fsp3) is 0.647. The summed E-state index contributed by atoms with van der Waals surface area (Å²) < 4.78 is 0. The Kier molecular flexibility index (Phi) is 3.19. The zero-order chi connectivity index (χ0) is 12.6. The lowest BCUT2D eigenvalue weighted by molar-refractivity contribution is 0.364. The first-order valence-corrected chi connectivity index (χ1v) is 7.45. The highest BCUT2D eigenvalue weighted by Gasteiger charge is 2.30. The standard InChI is InChI=1S/C17H25N/c1-17(2)10-9-16(11-17)18-12-13-3-5-14(6-4-13)15-7-8-15/h3-6,15-16,18H,7-12H2,1-2H3. The number of benzene rings is 1. The van der Waals surface area contributed by atoms with Crippen molar-refractivity contribution in [2.75, 3.05) is 0 Å². The molecule has 1 aromatic rings. The minimum Gasteiger partial charge on any atom is -0.310 e. The van der Waals surface area contributed by atoms with E-state index in [1.165, 1.54) is 37.7 Å². The van der Waals surface area contributed by atoms with Crippen molar-refractivity contribution in [3.05, 3.63) is 35.4 Å². The van der Waals surface area contributed by atoms with Crippen molar-refractivity contribution in [2.24, 2.45) is 5.41 Å². The van der Waals surface area contributed by atoms with Crippen molar-refractivity contribution < 1.29 is 0 Å². The predicted molar refractivity (Wildman–Crippen MR) is 76.7 cm³/mol. The van der Waals surface area contributed by atoms with Gasteiger partial charge in [-0.1, -0.05) is 38.1 Å². The second-order valence-corrected chi connectivity index (χ2v) is 7.00. The van der Waals surface area contributed by atoms with Gasteiger partial charge in [-0.2, -0.15) is 0 Å². The van der Waals surface area contributed by atoms with Crippen LogP contribution in [0.15, 0.2) is 24.3 Å². The third-order valence-electron chi connectivity index (χ3n) is 4.59. The Morgan fingerprint density at radius 2 is 1.83 bits per heavy atom. The summed E-state index contributed by atoms with van der Waals surface area (Å²) in [6.45, 7) is 5.81. The van der Waals surface area contributed by atoms with Crippen LogP contribution in [0.1, 0.15) is 63.0 Å². The van der Waals surface area contributed by atoms with E-state index in [1.54, 1.807) is 5.56 Å². The Morgan fingerprint density at radius 3 is 2.39 bits per heavy atom. The third kappa shape index (κ3) is 2.95. The van der Waals surface area contributed by atoms with Crippen LogP contribution >= 0.6 is 0 Å². The molecule has 2 fully saturated rings. The zero-order valence-corrected chi connectivity index (χ0v) is 11.7. The van der Waals surface area contributed by atoms with E-state index < -0.39 is 0 Å². The summed E-state index contributed by atoms with van der Waals surface area (Å²) in [4.78, 5) is 0. The molecule has 2 aliphatic carbocycles. The highest BCUT2D eigenvalue weighted by Crippen LogP contribution is 2.40. The van der Waals surface area contributed by atoms with E-state index >= 15 is 0 Å². The Morgan fingerprint density at radius 1 is 1.11 bits per heavy atom. The molecule has 0 radical (unpaired) electrons. The van der Waals surface area contributed by atoms with Crippen LogP contribution < -0.4 is 5.32 Å². The van der Waals surface area contributed by atoms with Gasteiger partial charge in [-0.25, -0.2) is 0 Å². The molecule has 2 saturated carbocycles. The van der Waals surface area contributed by atoms with Crippen molar-refractivity contribution in [1.29, 1.82) is 0 Å². The molecule has 1 heteroatoms. The molecule has 18 heavy (non-hydrogen) atoms. The molecule has 0 spiro atoms. The first kappa shape index (κ1) is 12.2. The van der Waals surface area contributed by atoms with E-state index in [0.717, 1.165) is 18.5 Å². The normalized spacial score (nSPS) is 26.4. The molecule has 1 atom stereocenters. The Balaban J connectivity index is 1.50. The fourth-order valence-corrected chi connectivity index (χ4v) is 3.20. The van der Waals surface area contributed by atoms with Crippen LogP contribution in [0, 0.1) is 5.41 Å². The van der Waals surface area contributed by atoms with E-state index in [4.69, 9.17) is 0 Å². The van der Waals surface area contributed by atoms with E-state index in [2.05, 4.69) is 43.4 Å². The van der Waals surface area contributed by atoms with Gasteiger partial charge >= 0.3 is 0 Å². The molecule has 1 aromatic carbocycles. The number of rotatable bonds is 4. The summed E-state index contributed by atoms with van der Waals surface area (Å²) >= 11 is 0. The van der Waals surface area contributed by atoms with Crippen molar-refractivity contribution in [1.82, 2.24) is 5.32 Å². The fourth-order valence-electron chi connectivity index (χ4n) is 3.20. The van der Waals surface area contributed by atoms with Crippen LogP contribution in [-0.2, 0) is 6.54 Å². The van der Waals surface area contributed by atoms with Crippen LogP contribution in [0.5, 0.6) is 0 Å². The molecule has 0 amide bonds. The summed E-state index contributed by atoms with van der Waals surface area (Å²) in [6.07, 6.45) is 6.83. The minimum absolute atomic E-state index is 0.549. The maximum atomic E-state index is 3.72. The molecule has 1 nitrogen and oxygen atoms in total. The molecule has 0 bridgehead atoms. The van der Waals surface area contributed by atoms with Gasteiger partial charge in [-0.15, -0.1) is 0 Å². The van der Waals surface area contributed by atoms with Crippen LogP contribution in [0.25, 0.3) is 0 Å². The second-order valence-electron chi connectivity index (χ2n) is 7.00. The molecule has 1 N–H and O–H groups in total. The van der Waals surface area contributed by atoms with Gasteiger partial charge in [0.15, 0.2) is 0 Å². The van der Waals surface area contributed by atoms with Crippen molar-refractivity contribution in [3.8, 4) is 0 Å². The first-order valence-electron chi connectivity index (χ1n) is 7.45. The smallest absolute Gasteiger partial charge is 0.0208 e.